The normalized spacial score (nSPS) is 11.9. The number of sulfonamides is 1. The number of aromatic nitrogens is 2. The smallest absolute Gasteiger partial charge is 0.240 e. The van der Waals surface area contributed by atoms with Crippen molar-refractivity contribution in [1.82, 2.24) is 14.7 Å². The molecule has 0 bridgehead atoms. The molecule has 0 aliphatic carbocycles. The Kier molecular flexibility index (Phi) is 5.50. The predicted octanol–water partition coefficient (Wildman–Crippen LogP) is 3.32. The molecule has 0 aliphatic heterocycles. The van der Waals surface area contributed by atoms with Gasteiger partial charge in [0.1, 0.15) is 0 Å². The lowest BCUT2D eigenvalue weighted by atomic mass is 10.3. The van der Waals surface area contributed by atoms with Crippen LogP contribution in [0, 0.1) is 0 Å². The second kappa shape index (κ2) is 7.60. The zero-order chi connectivity index (χ0) is 17.0. The Morgan fingerprint density at radius 2 is 2.12 bits per heavy atom. The van der Waals surface area contributed by atoms with Crippen LogP contribution in [0.3, 0.4) is 0 Å². The molecule has 3 rings (SSSR count). The first-order valence-corrected chi connectivity index (χ1v) is 10.8. The zero-order valence-corrected chi connectivity index (χ0v) is 15.5. The van der Waals surface area contributed by atoms with Gasteiger partial charge in [-0.05, 0) is 36.1 Å². The molecule has 0 amide bonds. The van der Waals surface area contributed by atoms with E-state index in [-0.39, 0.29) is 4.90 Å². The maximum absolute atomic E-state index is 12.4. The summed E-state index contributed by atoms with van der Waals surface area (Å²) >= 11 is 3.18. The summed E-state index contributed by atoms with van der Waals surface area (Å²) in [6, 6.07) is 10.7. The molecule has 3 aromatic rings. The monoisotopic (exact) mass is 379 g/mol. The minimum Gasteiger partial charge on any atom is -0.261 e. The highest BCUT2D eigenvalue weighted by atomic mass is 32.2. The van der Waals surface area contributed by atoms with Gasteiger partial charge in [0.25, 0.3) is 0 Å². The van der Waals surface area contributed by atoms with Gasteiger partial charge in [0.2, 0.25) is 10.0 Å². The highest BCUT2D eigenvalue weighted by molar-refractivity contribution is 8.01. The summed E-state index contributed by atoms with van der Waals surface area (Å²) in [6.07, 6.45) is 2.26. The number of nitrogens with zero attached hydrogens (tertiary/aromatic N) is 2. The first-order chi connectivity index (χ1) is 11.6. The molecule has 1 N–H and O–H groups in total. The first kappa shape index (κ1) is 17.3. The minimum absolute atomic E-state index is 0.271. The van der Waals surface area contributed by atoms with Crippen LogP contribution < -0.4 is 4.72 Å². The number of benzene rings is 1. The van der Waals surface area contributed by atoms with Crippen molar-refractivity contribution in [2.75, 3.05) is 12.3 Å². The van der Waals surface area contributed by atoms with E-state index in [1.54, 1.807) is 36.2 Å². The Labute approximate surface area is 149 Å². The Hall–Kier alpha value is -1.48. The maximum Gasteiger partial charge on any atom is 0.240 e. The summed E-state index contributed by atoms with van der Waals surface area (Å²) in [5.41, 5.74) is 1.70. The quantitative estimate of drug-likeness (QED) is 0.638. The molecule has 0 saturated heterocycles. The van der Waals surface area contributed by atoms with E-state index in [1.165, 1.54) is 11.3 Å². The van der Waals surface area contributed by atoms with Crippen LogP contribution in [0.15, 0.2) is 51.8 Å². The van der Waals surface area contributed by atoms with Gasteiger partial charge in [-0.3, -0.25) is 4.98 Å². The third-order valence-corrected chi connectivity index (χ3v) is 6.82. The molecular formula is C16H17N3O2S3. The predicted molar refractivity (Wildman–Crippen MR) is 99.1 cm³/mol. The highest BCUT2D eigenvalue weighted by Gasteiger charge is 2.15. The molecule has 8 heteroatoms. The Bertz CT molecular complexity index is 924. The first-order valence-electron chi connectivity index (χ1n) is 7.51. The Morgan fingerprint density at radius 3 is 2.88 bits per heavy atom. The lowest BCUT2D eigenvalue weighted by Gasteiger charge is -2.06. The highest BCUT2D eigenvalue weighted by Crippen LogP contribution is 2.30. The van der Waals surface area contributed by atoms with Crippen molar-refractivity contribution in [2.45, 2.75) is 22.6 Å². The van der Waals surface area contributed by atoms with E-state index in [0.29, 0.717) is 13.0 Å². The molecule has 0 fully saturated rings. The van der Waals surface area contributed by atoms with E-state index in [2.05, 4.69) is 21.6 Å². The number of nitrogens with one attached hydrogen (secondary N) is 1. The van der Waals surface area contributed by atoms with Crippen molar-refractivity contribution in [3.63, 3.8) is 0 Å². The molecule has 0 saturated carbocycles. The second-order valence-electron chi connectivity index (χ2n) is 5.01. The lowest BCUT2D eigenvalue weighted by Crippen LogP contribution is -2.26. The number of hydrogen-bond acceptors (Lipinski definition) is 6. The van der Waals surface area contributed by atoms with Gasteiger partial charge in [-0.1, -0.05) is 24.8 Å². The van der Waals surface area contributed by atoms with Crippen molar-refractivity contribution in [2.24, 2.45) is 0 Å². The van der Waals surface area contributed by atoms with Crippen LogP contribution in [0.5, 0.6) is 0 Å². The van der Waals surface area contributed by atoms with Crippen LogP contribution in [0.1, 0.15) is 12.6 Å². The van der Waals surface area contributed by atoms with Crippen molar-refractivity contribution in [3.05, 3.63) is 48.3 Å². The summed E-state index contributed by atoms with van der Waals surface area (Å²) in [4.78, 5) is 8.94. The van der Waals surface area contributed by atoms with Crippen LogP contribution in [-0.2, 0) is 16.4 Å². The third kappa shape index (κ3) is 4.13. The van der Waals surface area contributed by atoms with Gasteiger partial charge in [0, 0.05) is 24.9 Å². The lowest BCUT2D eigenvalue weighted by molar-refractivity contribution is 0.581. The van der Waals surface area contributed by atoms with Crippen LogP contribution in [-0.4, -0.2) is 30.7 Å². The van der Waals surface area contributed by atoms with Crippen LogP contribution in [0.4, 0.5) is 0 Å². The van der Waals surface area contributed by atoms with Gasteiger partial charge in [-0.15, -0.1) is 11.3 Å². The Morgan fingerprint density at radius 1 is 1.25 bits per heavy atom. The molecule has 2 heterocycles. The molecule has 5 nitrogen and oxygen atoms in total. The number of pyridine rings is 1. The Balaban J connectivity index is 1.72. The summed E-state index contributed by atoms with van der Waals surface area (Å²) < 4.78 is 29.4. The largest absolute Gasteiger partial charge is 0.261 e. The second-order valence-corrected chi connectivity index (χ2v) is 9.32. The standard InChI is InChI=1S/C16H17N3O2S3/c1-2-22-16-19-14-7-6-13(11-15(14)23-16)24(20,21)18-10-8-12-5-3-4-9-17-12/h3-7,9,11,18H,2,8,10H2,1H3. The van der Waals surface area contributed by atoms with Crippen molar-refractivity contribution in [3.8, 4) is 0 Å². The molecule has 0 atom stereocenters. The number of rotatable bonds is 7. The summed E-state index contributed by atoms with van der Waals surface area (Å²) in [7, 11) is -3.53. The van der Waals surface area contributed by atoms with Gasteiger partial charge < -0.3 is 0 Å². The molecule has 1 aromatic carbocycles. The SMILES string of the molecule is CCSc1nc2ccc(S(=O)(=O)NCCc3ccccn3)cc2s1. The van der Waals surface area contributed by atoms with E-state index in [4.69, 9.17) is 0 Å². The van der Waals surface area contributed by atoms with Crippen LogP contribution in [0.2, 0.25) is 0 Å². The van der Waals surface area contributed by atoms with Crippen molar-refractivity contribution >= 4 is 43.3 Å². The molecule has 0 spiro atoms. The van der Waals surface area contributed by atoms with Gasteiger partial charge in [-0.25, -0.2) is 18.1 Å². The molecule has 126 valence electrons. The van der Waals surface area contributed by atoms with E-state index >= 15 is 0 Å². The van der Waals surface area contributed by atoms with E-state index < -0.39 is 10.0 Å². The molecular weight excluding hydrogens is 362 g/mol. The van der Waals surface area contributed by atoms with E-state index in [9.17, 15) is 8.42 Å². The summed E-state index contributed by atoms with van der Waals surface area (Å²) in [5.74, 6) is 0.944. The van der Waals surface area contributed by atoms with Crippen molar-refractivity contribution in [1.29, 1.82) is 0 Å². The minimum atomic E-state index is -3.53. The molecule has 0 unspecified atom stereocenters. The molecule has 2 aromatic heterocycles. The number of thiazole rings is 1. The average molecular weight is 380 g/mol. The average Bonchev–Trinajstić information content (AvgIpc) is 2.97. The van der Waals surface area contributed by atoms with Crippen LogP contribution >= 0.6 is 23.1 Å². The molecule has 0 radical (unpaired) electrons. The fraction of sp³-hybridized carbons (Fsp3) is 0.250. The van der Waals surface area contributed by atoms with Gasteiger partial charge >= 0.3 is 0 Å². The van der Waals surface area contributed by atoms with Crippen LogP contribution in [0.25, 0.3) is 10.2 Å². The van der Waals surface area contributed by atoms with Crippen molar-refractivity contribution < 1.29 is 8.42 Å². The van der Waals surface area contributed by atoms with E-state index in [1.807, 2.05) is 18.2 Å². The number of fused-ring (bicyclic) bond motifs is 1. The van der Waals surface area contributed by atoms with Gasteiger partial charge in [0.15, 0.2) is 4.34 Å². The topological polar surface area (TPSA) is 72.0 Å². The molecule has 0 aliphatic rings. The maximum atomic E-state index is 12.4. The summed E-state index contributed by atoms with van der Waals surface area (Å²) in [6.45, 7) is 2.38. The molecule has 24 heavy (non-hydrogen) atoms. The third-order valence-electron chi connectivity index (χ3n) is 3.32. The fourth-order valence-electron chi connectivity index (χ4n) is 2.18. The number of hydrogen-bond donors (Lipinski definition) is 1. The fourth-order valence-corrected chi connectivity index (χ4v) is 5.32. The summed E-state index contributed by atoms with van der Waals surface area (Å²) in [5, 5.41) is 0. The van der Waals surface area contributed by atoms with Gasteiger partial charge in [0.05, 0.1) is 15.1 Å². The zero-order valence-electron chi connectivity index (χ0n) is 13.1. The van der Waals surface area contributed by atoms with Gasteiger partial charge in [-0.2, -0.15) is 0 Å². The van der Waals surface area contributed by atoms with E-state index in [0.717, 1.165) is 26.0 Å². The number of thioether (sulfide) groups is 1.